The minimum atomic E-state index is 0.386. The summed E-state index contributed by atoms with van der Waals surface area (Å²) in [4.78, 5) is 0. The largest absolute Gasteiger partial charge is 0.493 e. The molecule has 0 unspecified atom stereocenters. The maximum atomic E-state index is 5.42. The first-order chi connectivity index (χ1) is 62.7. The zero-order chi connectivity index (χ0) is 97.3. The van der Waals surface area contributed by atoms with E-state index in [1.54, 1.807) is 22.3 Å². The van der Waals surface area contributed by atoms with E-state index in [1.165, 1.54) is 112 Å². The predicted octanol–water partition coefficient (Wildman–Crippen LogP) is 35.3. The third-order valence-electron chi connectivity index (χ3n) is 16.3. The Morgan fingerprint density at radius 3 is 0.873 bits per heavy atom. The van der Waals surface area contributed by atoms with Gasteiger partial charge in [0, 0.05) is 35.8 Å². The number of ether oxygens (including phenoxy) is 7. The quantitative estimate of drug-likeness (QED) is 0.152. The molecule has 0 amide bonds. The molecular weight excluding hydrogens is 1590 g/mol. The fourth-order valence-electron chi connectivity index (χ4n) is 11.4. The van der Waals surface area contributed by atoms with E-state index in [-0.39, 0.29) is 0 Å². The number of hydrogen-bond donors (Lipinski definition) is 2. The predicted molar refractivity (Wildman–Crippen MR) is 576 cm³/mol. The highest BCUT2D eigenvalue weighted by atomic mass is 32.2. The monoisotopic (exact) mass is 1780 g/mol. The van der Waals surface area contributed by atoms with Crippen molar-refractivity contribution in [2.24, 2.45) is 0 Å². The molecule has 0 spiro atoms. The van der Waals surface area contributed by atoms with Crippen LogP contribution in [0.2, 0.25) is 0 Å². The van der Waals surface area contributed by atoms with Crippen LogP contribution in [0.3, 0.4) is 0 Å². The van der Waals surface area contributed by atoms with Gasteiger partial charge in [0.1, 0.15) is 24.7 Å². The van der Waals surface area contributed by atoms with Crippen LogP contribution in [0.1, 0.15) is 334 Å². The summed E-state index contributed by atoms with van der Waals surface area (Å²) < 4.78 is 36.9. The molecular formula is C115H196N2O7S2. The molecule has 9 aliphatic rings. The second-order valence-corrected chi connectivity index (χ2v) is 24.8. The van der Waals surface area contributed by atoms with Gasteiger partial charge < -0.3 is 43.8 Å². The third kappa shape index (κ3) is 65.1. The summed E-state index contributed by atoms with van der Waals surface area (Å²) in [6, 6.07) is 75.4. The average Bonchev–Trinajstić information content (AvgIpc) is 0.949. The van der Waals surface area contributed by atoms with E-state index >= 15 is 0 Å². The highest BCUT2D eigenvalue weighted by Gasteiger charge is 2.13. The van der Waals surface area contributed by atoms with Gasteiger partial charge in [0.05, 0.1) is 39.6 Å². The van der Waals surface area contributed by atoms with Gasteiger partial charge in [-0.15, -0.1) is 0 Å². The van der Waals surface area contributed by atoms with Crippen LogP contribution in [0.5, 0.6) is 23.0 Å². The van der Waals surface area contributed by atoms with E-state index in [4.69, 9.17) is 33.2 Å². The Hall–Kier alpha value is -7.48. The lowest BCUT2D eigenvalue weighted by atomic mass is 10.0. The van der Waals surface area contributed by atoms with E-state index in [9.17, 15) is 0 Å². The van der Waals surface area contributed by atoms with Gasteiger partial charge in [-0.25, -0.2) is 0 Å². The highest BCUT2D eigenvalue weighted by Crippen LogP contribution is 2.30. The van der Waals surface area contributed by atoms with Crippen molar-refractivity contribution >= 4 is 29.2 Å². The number of thioether (sulfide) groups is 2. The molecule has 720 valence electrons. The highest BCUT2D eigenvalue weighted by molar-refractivity contribution is 7.98. The first kappa shape index (κ1) is 136. The van der Waals surface area contributed by atoms with Crippen molar-refractivity contribution in [3.63, 3.8) is 0 Å². The van der Waals surface area contributed by atoms with Gasteiger partial charge in [0.15, 0.2) is 18.3 Å². The van der Waals surface area contributed by atoms with Crippen LogP contribution in [-0.2, 0) is 97.0 Å². The second-order valence-electron chi connectivity index (χ2n) is 22.6. The van der Waals surface area contributed by atoms with Crippen LogP contribution in [0, 0.1) is 0 Å². The lowest BCUT2D eigenvalue weighted by Crippen LogP contribution is -2.23. The average molecular weight is 1780 g/mol. The number of benzene rings is 9. The second kappa shape index (κ2) is 114. The van der Waals surface area contributed by atoms with Crippen LogP contribution >= 0.6 is 23.5 Å². The fourth-order valence-corrected chi connectivity index (χ4v) is 13.4. The van der Waals surface area contributed by atoms with Crippen LogP contribution in [0.15, 0.2) is 218 Å². The van der Waals surface area contributed by atoms with Crippen molar-refractivity contribution in [3.8, 4) is 23.0 Å². The van der Waals surface area contributed by atoms with Crippen molar-refractivity contribution in [2.75, 3.05) is 69.7 Å². The van der Waals surface area contributed by atoms with Gasteiger partial charge in [-0.05, 0) is 173 Å². The van der Waals surface area contributed by atoms with E-state index in [2.05, 4.69) is 168 Å². The molecule has 9 aromatic rings. The molecule has 9 aromatic carbocycles. The molecule has 0 atom stereocenters. The minimum absolute atomic E-state index is 0.386. The summed E-state index contributed by atoms with van der Waals surface area (Å²) in [5.41, 5.74) is 20.1. The van der Waals surface area contributed by atoms with Crippen LogP contribution < -0.4 is 29.6 Å². The van der Waals surface area contributed by atoms with Crippen molar-refractivity contribution < 1.29 is 33.2 Å². The number of para-hydroxylation sites is 5. The van der Waals surface area contributed by atoms with Crippen molar-refractivity contribution in [2.45, 2.75) is 345 Å². The summed E-state index contributed by atoms with van der Waals surface area (Å²) in [6.45, 7) is 82.0. The van der Waals surface area contributed by atoms with Gasteiger partial charge in [-0.2, -0.15) is 23.5 Å². The van der Waals surface area contributed by atoms with Crippen molar-refractivity contribution in [3.05, 3.63) is 291 Å². The van der Waals surface area contributed by atoms with E-state index in [0.717, 1.165) is 100 Å². The van der Waals surface area contributed by atoms with Gasteiger partial charge in [0.2, 0.25) is 0 Å². The number of anilines is 1. The van der Waals surface area contributed by atoms with Gasteiger partial charge >= 0.3 is 0 Å². The number of rotatable bonds is 0. The van der Waals surface area contributed by atoms with Crippen LogP contribution in [0.4, 0.5) is 5.69 Å². The van der Waals surface area contributed by atoms with E-state index in [0.29, 0.717) is 26.6 Å². The van der Waals surface area contributed by atoms with Crippen LogP contribution in [0.25, 0.3) is 0 Å². The lowest BCUT2D eigenvalue weighted by molar-refractivity contribution is -0.0163. The number of aryl methyl sites for hydroxylation is 4. The van der Waals surface area contributed by atoms with Crippen LogP contribution in [-0.4, -0.2) is 64.4 Å². The summed E-state index contributed by atoms with van der Waals surface area (Å²) in [6.07, 6.45) is 10.7. The molecule has 0 aromatic heterocycles. The van der Waals surface area contributed by atoms with Crippen molar-refractivity contribution in [1.29, 1.82) is 0 Å². The molecule has 9 nitrogen and oxygen atoms in total. The van der Waals surface area contributed by atoms with E-state index < -0.39 is 0 Å². The first-order valence-corrected chi connectivity index (χ1v) is 52.5. The summed E-state index contributed by atoms with van der Waals surface area (Å²) in [5.74, 6) is 8.78. The molecule has 0 fully saturated rings. The molecule has 9 aliphatic heterocycles. The third-order valence-corrected chi connectivity index (χ3v) is 18.3. The summed E-state index contributed by atoms with van der Waals surface area (Å²) >= 11 is 4.08. The van der Waals surface area contributed by atoms with Gasteiger partial charge in [-0.3, -0.25) is 0 Å². The Labute approximate surface area is 790 Å². The topological polar surface area (TPSA) is 88.7 Å². The lowest BCUT2D eigenvalue weighted by Gasteiger charge is -2.17. The number of hydrogen-bond acceptors (Lipinski definition) is 11. The smallest absolute Gasteiger partial charge is 0.189 e. The SMILES string of the molecule is CC.CC.CC.CC.CC.CC.CC.CC.CC.CC.CC.CC.CC.CC.CC.CC.CC.CC.c1ccc2c(c1)CCCN2.c1ccc2c(c1)CCCO2.c1ccc2c(c1)CCNC2.c1ccc2c(c1)CCOC2.c1ccc2c(c1)CCOC2.c1ccc2c(c1)CCSC2.c1ccc2c(c1)CCSC2.c1ccc2c(c1)COCO2.c1ccc2c(c1)OCCO2. The van der Waals surface area contributed by atoms with Gasteiger partial charge in [0.25, 0.3) is 0 Å². The molecule has 0 saturated heterocycles. The molecule has 2 N–H and O–H groups in total. The molecule has 0 aliphatic carbocycles. The van der Waals surface area contributed by atoms with E-state index in [1.807, 2.05) is 333 Å². The Morgan fingerprint density at radius 2 is 0.508 bits per heavy atom. The maximum absolute atomic E-state index is 5.42. The normalized spacial score (nSPS) is 12.3. The Morgan fingerprint density at radius 1 is 0.214 bits per heavy atom. The maximum Gasteiger partial charge on any atom is 0.189 e. The molecule has 126 heavy (non-hydrogen) atoms. The number of nitrogens with one attached hydrogen (secondary N) is 2. The molecule has 0 bridgehead atoms. The Balaban J connectivity index is -0.000000167. The number of fused-ring (bicyclic) bond motifs is 9. The summed E-state index contributed by atoms with van der Waals surface area (Å²) in [5, 5.41) is 6.70. The minimum Gasteiger partial charge on any atom is -0.493 e. The summed E-state index contributed by atoms with van der Waals surface area (Å²) in [7, 11) is 0. The Bertz CT molecular complexity index is 2600. The Kier molecular flexibility index (Phi) is 123. The molecule has 18 rings (SSSR count). The standard InChI is InChI=1S/2C9H11N.3C9H10O.2C9H10S.2C8H8O2.18C2H6/c1-2-6-9-8(4-1)5-3-7-10-9;1-2-4-9-7-10-6-5-8(9)3-1;1-2-6-9-8(4-1)5-3-7-10-9;4*1-2-4-9-7-10-6-5-8(9)3-1;1-2-4-8-7(3-1)5-9-6-10-8;1-2-4-8-7(3-1)9-5-6-10-8;18*1-2/h1-2,4,6,10H,3,5,7H2;1-4,10H,5-7H2;1-2,4,6H,3,5,7H2;4*1-4H,5-7H2;2*1-4H,5-6H2;18*1-2H3. The van der Waals surface area contributed by atoms with Crippen molar-refractivity contribution in [1.82, 2.24) is 5.32 Å². The first-order valence-electron chi connectivity index (χ1n) is 50.2. The molecule has 0 radical (unpaired) electrons. The van der Waals surface area contributed by atoms with Gasteiger partial charge in [-0.1, -0.05) is 437 Å². The molecule has 9 heterocycles. The molecule has 11 heteroatoms. The molecule has 0 saturated carbocycles. The fraction of sp³-hybridized carbons (Fsp3) is 0.530. The zero-order valence-electron chi connectivity index (χ0n) is 88.1. The zero-order valence-corrected chi connectivity index (χ0v) is 89.8.